The van der Waals surface area contributed by atoms with Gasteiger partial charge in [0.25, 0.3) is 0 Å². The Kier molecular flexibility index (Phi) is 6.77. The summed E-state index contributed by atoms with van der Waals surface area (Å²) in [5.41, 5.74) is 9.82. The number of aromatic nitrogens is 2. The highest BCUT2D eigenvalue weighted by atomic mass is 32.2. The molecule has 0 saturated heterocycles. The monoisotopic (exact) mass is 533 g/mol. The zero-order valence-electron chi connectivity index (χ0n) is 20.4. The molecule has 0 saturated carbocycles. The van der Waals surface area contributed by atoms with Gasteiger partial charge in [0.2, 0.25) is 5.13 Å². The number of Topliss-reactive ketones (excluding diaryl/α,β-unsaturated/α-hetero) is 1. The van der Waals surface area contributed by atoms with Crippen molar-refractivity contribution in [1.29, 1.82) is 5.26 Å². The minimum atomic E-state index is -0.435. The second kappa shape index (κ2) is 9.85. The van der Waals surface area contributed by atoms with Crippen LogP contribution in [0, 0.1) is 11.3 Å². The van der Waals surface area contributed by atoms with E-state index in [1.54, 1.807) is 23.1 Å². The lowest BCUT2D eigenvalue weighted by Crippen LogP contribution is -2.38. The number of ketones is 1. The van der Waals surface area contributed by atoms with Gasteiger partial charge in [-0.15, -0.1) is 21.5 Å². The molecule has 1 aliphatic heterocycles. The molecule has 3 aromatic rings. The summed E-state index contributed by atoms with van der Waals surface area (Å²) in [5, 5.41) is 19.6. The van der Waals surface area contributed by atoms with Gasteiger partial charge in [0.05, 0.1) is 17.6 Å². The number of thioether (sulfide) groups is 1. The zero-order valence-corrected chi connectivity index (χ0v) is 22.9. The van der Waals surface area contributed by atoms with E-state index in [1.165, 1.54) is 21.8 Å². The molecule has 0 bridgehead atoms. The Morgan fingerprint density at radius 3 is 2.61 bits per heavy atom. The zero-order chi connectivity index (χ0) is 25.4. The Morgan fingerprint density at radius 1 is 1.14 bits per heavy atom. The molecule has 2 aliphatic rings. The number of thiophene rings is 1. The van der Waals surface area contributed by atoms with E-state index in [-0.39, 0.29) is 11.2 Å². The van der Waals surface area contributed by atoms with Gasteiger partial charge < -0.3 is 5.73 Å². The van der Waals surface area contributed by atoms with Crippen molar-refractivity contribution in [2.24, 2.45) is 5.73 Å². The first-order valence-corrected chi connectivity index (χ1v) is 14.5. The summed E-state index contributed by atoms with van der Waals surface area (Å²) in [5.74, 6) is 0.778. The number of carbonyl (C=O) groups is 1. The summed E-state index contributed by atoms with van der Waals surface area (Å²) in [6.07, 6.45) is 1.94. The van der Waals surface area contributed by atoms with Crippen molar-refractivity contribution in [3.63, 3.8) is 0 Å². The number of nitrogens with two attached hydrogens (primary N) is 1. The van der Waals surface area contributed by atoms with Gasteiger partial charge in [-0.2, -0.15) is 5.26 Å². The van der Waals surface area contributed by atoms with Crippen molar-refractivity contribution in [3.8, 4) is 6.07 Å². The van der Waals surface area contributed by atoms with Crippen LogP contribution in [-0.2, 0) is 16.0 Å². The molecule has 0 amide bonds. The van der Waals surface area contributed by atoms with Crippen LogP contribution in [0.2, 0.25) is 0 Å². The number of carbonyl (C=O) groups excluding carboxylic acids is 1. The van der Waals surface area contributed by atoms with Crippen LogP contribution in [0.15, 0.2) is 69.5 Å². The van der Waals surface area contributed by atoms with Gasteiger partial charge in [0.1, 0.15) is 5.82 Å². The third-order valence-corrected chi connectivity index (χ3v) is 10.0. The minimum Gasteiger partial charge on any atom is -0.384 e. The maximum Gasteiger partial charge on any atom is 0.219 e. The van der Waals surface area contributed by atoms with Crippen molar-refractivity contribution in [2.45, 2.75) is 61.5 Å². The SMILES string of the molecule is CC(C)(C)c1ccc(C2C(C#N)=C(N)N(c3nnc(SCc4ccccc4)s3)C3=C2C(=O)CCC3)s1. The fourth-order valence-electron chi connectivity index (χ4n) is 4.57. The van der Waals surface area contributed by atoms with Gasteiger partial charge >= 0.3 is 0 Å². The van der Waals surface area contributed by atoms with Gasteiger partial charge in [-0.3, -0.25) is 9.69 Å². The molecule has 9 heteroatoms. The first-order chi connectivity index (χ1) is 17.3. The molecule has 3 heterocycles. The predicted molar refractivity (Wildman–Crippen MR) is 147 cm³/mol. The number of allylic oxidation sites excluding steroid dienone is 3. The molecular weight excluding hydrogens is 507 g/mol. The molecule has 2 N–H and O–H groups in total. The van der Waals surface area contributed by atoms with E-state index >= 15 is 0 Å². The number of anilines is 1. The summed E-state index contributed by atoms with van der Waals surface area (Å²) in [4.78, 5) is 17.3. The third kappa shape index (κ3) is 4.61. The lowest BCUT2D eigenvalue weighted by Gasteiger charge is -2.37. The quantitative estimate of drug-likeness (QED) is 0.374. The molecule has 1 aromatic carbocycles. The summed E-state index contributed by atoms with van der Waals surface area (Å²) >= 11 is 4.71. The molecule has 6 nitrogen and oxygen atoms in total. The van der Waals surface area contributed by atoms with Gasteiger partial charge in [0, 0.05) is 33.2 Å². The molecule has 0 fully saturated rings. The van der Waals surface area contributed by atoms with E-state index in [1.807, 2.05) is 29.2 Å². The molecule has 2 aromatic heterocycles. The van der Waals surface area contributed by atoms with Crippen LogP contribution in [0.1, 0.15) is 61.3 Å². The fourth-order valence-corrected chi connectivity index (χ4v) is 7.59. The van der Waals surface area contributed by atoms with E-state index < -0.39 is 5.92 Å². The summed E-state index contributed by atoms with van der Waals surface area (Å²) < 4.78 is 0.819. The van der Waals surface area contributed by atoms with Crippen molar-refractivity contribution in [1.82, 2.24) is 10.2 Å². The highest BCUT2D eigenvalue weighted by Crippen LogP contribution is 2.49. The maximum atomic E-state index is 13.3. The first-order valence-electron chi connectivity index (χ1n) is 11.8. The number of hydrogen-bond acceptors (Lipinski definition) is 9. The molecule has 1 atom stereocenters. The van der Waals surface area contributed by atoms with Crippen molar-refractivity contribution in [3.05, 3.63) is 80.4 Å². The summed E-state index contributed by atoms with van der Waals surface area (Å²) in [6, 6.07) is 16.7. The predicted octanol–water partition coefficient (Wildman–Crippen LogP) is 6.49. The molecule has 5 rings (SSSR count). The second-order valence-corrected chi connectivity index (χ2v) is 13.2. The van der Waals surface area contributed by atoms with Gasteiger partial charge in [-0.25, -0.2) is 0 Å². The Hall–Kier alpha value is -2.93. The minimum absolute atomic E-state index is 0.0140. The van der Waals surface area contributed by atoms with E-state index in [9.17, 15) is 10.1 Å². The number of benzene rings is 1. The number of hydrogen-bond donors (Lipinski definition) is 1. The largest absolute Gasteiger partial charge is 0.384 e. The normalized spacial score (nSPS) is 18.4. The second-order valence-electron chi connectivity index (χ2n) is 9.89. The lowest BCUT2D eigenvalue weighted by atomic mass is 9.78. The van der Waals surface area contributed by atoms with Crippen LogP contribution in [0.25, 0.3) is 0 Å². The molecular formula is C27H27N5OS3. The van der Waals surface area contributed by atoms with Crippen molar-refractivity contribution >= 4 is 45.4 Å². The molecule has 184 valence electrons. The van der Waals surface area contributed by atoms with Crippen LogP contribution in [0.3, 0.4) is 0 Å². The lowest BCUT2D eigenvalue weighted by molar-refractivity contribution is -0.116. The number of nitrogens with zero attached hydrogens (tertiary/aromatic N) is 4. The Labute approximate surface area is 223 Å². The third-order valence-electron chi connectivity index (χ3n) is 6.36. The average molecular weight is 534 g/mol. The van der Waals surface area contributed by atoms with Crippen molar-refractivity contribution < 1.29 is 4.79 Å². The Morgan fingerprint density at radius 2 is 1.92 bits per heavy atom. The molecule has 1 aliphatic carbocycles. The van der Waals surface area contributed by atoms with Crippen LogP contribution >= 0.6 is 34.4 Å². The van der Waals surface area contributed by atoms with E-state index in [2.05, 4.69) is 55.2 Å². The van der Waals surface area contributed by atoms with Crippen LogP contribution in [0.5, 0.6) is 0 Å². The fraction of sp³-hybridized carbons (Fsp3) is 0.333. The Bertz CT molecular complexity index is 1400. The van der Waals surface area contributed by atoms with Gasteiger partial charge in [0.15, 0.2) is 10.1 Å². The van der Waals surface area contributed by atoms with E-state index in [0.717, 1.165) is 27.1 Å². The van der Waals surface area contributed by atoms with Gasteiger partial charge in [-0.05, 0) is 36.0 Å². The molecule has 1 unspecified atom stereocenters. The van der Waals surface area contributed by atoms with E-state index in [0.29, 0.717) is 34.9 Å². The topological polar surface area (TPSA) is 95.9 Å². The molecule has 0 radical (unpaired) electrons. The molecule has 0 spiro atoms. The standard InChI is InChI=1S/C27H27N5OS3/c1-27(2,3)21-13-12-20(35-21)22-17(14-28)24(29)32(18-10-7-11-19(33)23(18)22)25-30-31-26(36-25)34-15-16-8-5-4-6-9-16/h4-6,8-9,12-13,22H,7,10-11,15,29H2,1-3H3. The smallest absolute Gasteiger partial charge is 0.219 e. The van der Waals surface area contributed by atoms with E-state index in [4.69, 9.17) is 5.73 Å². The number of rotatable bonds is 5. The van der Waals surface area contributed by atoms with Crippen LogP contribution in [0.4, 0.5) is 5.13 Å². The van der Waals surface area contributed by atoms with Crippen LogP contribution < -0.4 is 10.6 Å². The average Bonchev–Trinajstić information content (AvgIpc) is 3.53. The molecule has 36 heavy (non-hydrogen) atoms. The van der Waals surface area contributed by atoms with Crippen LogP contribution in [-0.4, -0.2) is 16.0 Å². The first kappa shape index (κ1) is 24.8. The Balaban J connectivity index is 1.53. The highest BCUT2D eigenvalue weighted by Gasteiger charge is 2.42. The summed E-state index contributed by atoms with van der Waals surface area (Å²) in [6.45, 7) is 6.50. The van der Waals surface area contributed by atoms with Gasteiger partial charge in [-0.1, -0.05) is 74.2 Å². The van der Waals surface area contributed by atoms with Crippen molar-refractivity contribution in [2.75, 3.05) is 4.90 Å². The highest BCUT2D eigenvalue weighted by molar-refractivity contribution is 8.00. The maximum absolute atomic E-state index is 13.3. The summed E-state index contributed by atoms with van der Waals surface area (Å²) in [7, 11) is 0. The number of nitriles is 1.